The summed E-state index contributed by atoms with van der Waals surface area (Å²) in [4.78, 5) is 14.3. The number of carbonyl (C=O) groups excluding carboxylic acids is 1. The van der Waals surface area contributed by atoms with Crippen LogP contribution in [-0.2, 0) is 17.8 Å². The van der Waals surface area contributed by atoms with E-state index < -0.39 is 0 Å². The van der Waals surface area contributed by atoms with E-state index in [-0.39, 0.29) is 18.3 Å². The normalized spacial score (nSPS) is 15.5. The van der Waals surface area contributed by atoms with Crippen molar-refractivity contribution in [2.75, 3.05) is 19.7 Å². The highest BCUT2D eigenvalue weighted by Crippen LogP contribution is 2.28. The average Bonchev–Trinajstić information content (AvgIpc) is 3.10. The second-order valence-corrected chi connectivity index (χ2v) is 6.48. The highest BCUT2D eigenvalue weighted by atomic mass is 19.1. The van der Waals surface area contributed by atoms with Crippen molar-refractivity contribution in [3.63, 3.8) is 0 Å². The number of aromatic nitrogens is 2. The quantitative estimate of drug-likeness (QED) is 0.874. The number of hydrogen-bond donors (Lipinski definition) is 1. The Morgan fingerprint density at radius 3 is 2.60 bits per heavy atom. The van der Waals surface area contributed by atoms with Crippen LogP contribution >= 0.6 is 0 Å². The van der Waals surface area contributed by atoms with Crippen LogP contribution in [0.1, 0.15) is 36.4 Å². The zero-order chi connectivity index (χ0) is 17.6. The van der Waals surface area contributed by atoms with Gasteiger partial charge in [-0.2, -0.15) is 5.10 Å². The second kappa shape index (κ2) is 8.25. The first-order chi connectivity index (χ1) is 12.2. The standard InChI is InChI=1S/C19H24FN3O2/c20-17-4-1-15(2-5-17)3-6-19(25)22-11-8-16(9-12-22)18-7-10-21-23(18)13-14-24/h1-2,4-5,7,10,16,24H,3,6,8-9,11-14H2. The molecule has 134 valence electrons. The van der Waals surface area contributed by atoms with Gasteiger partial charge in [-0.25, -0.2) is 4.39 Å². The predicted molar refractivity (Wildman–Crippen MR) is 92.6 cm³/mol. The van der Waals surface area contributed by atoms with E-state index in [9.17, 15) is 9.18 Å². The van der Waals surface area contributed by atoms with Crippen LogP contribution in [0.3, 0.4) is 0 Å². The Morgan fingerprint density at radius 2 is 1.92 bits per heavy atom. The van der Waals surface area contributed by atoms with Gasteiger partial charge in [-0.1, -0.05) is 12.1 Å². The maximum absolute atomic E-state index is 12.9. The summed E-state index contributed by atoms with van der Waals surface area (Å²) in [6, 6.07) is 8.34. The topological polar surface area (TPSA) is 58.4 Å². The molecule has 1 aliphatic heterocycles. The monoisotopic (exact) mass is 345 g/mol. The van der Waals surface area contributed by atoms with Crippen molar-refractivity contribution >= 4 is 5.91 Å². The number of amides is 1. The fourth-order valence-corrected chi connectivity index (χ4v) is 3.46. The summed E-state index contributed by atoms with van der Waals surface area (Å²) < 4.78 is 14.8. The number of halogens is 1. The van der Waals surface area contributed by atoms with Crippen LogP contribution in [-0.4, -0.2) is 45.4 Å². The summed E-state index contributed by atoms with van der Waals surface area (Å²) in [5.41, 5.74) is 2.13. The third-order valence-electron chi connectivity index (χ3n) is 4.87. The molecule has 1 fully saturated rings. The van der Waals surface area contributed by atoms with Gasteiger partial charge in [0, 0.05) is 37.3 Å². The molecule has 1 aromatic heterocycles. The molecule has 0 radical (unpaired) electrons. The lowest BCUT2D eigenvalue weighted by atomic mass is 9.93. The van der Waals surface area contributed by atoms with E-state index >= 15 is 0 Å². The molecule has 5 nitrogen and oxygen atoms in total. The average molecular weight is 345 g/mol. The van der Waals surface area contributed by atoms with E-state index in [1.807, 2.05) is 15.6 Å². The largest absolute Gasteiger partial charge is 0.394 e. The molecule has 2 heterocycles. The first-order valence-electron chi connectivity index (χ1n) is 8.82. The van der Waals surface area contributed by atoms with Gasteiger partial charge >= 0.3 is 0 Å². The maximum Gasteiger partial charge on any atom is 0.222 e. The summed E-state index contributed by atoms with van der Waals surface area (Å²) in [7, 11) is 0. The molecule has 0 aliphatic carbocycles. The molecule has 0 atom stereocenters. The molecule has 6 heteroatoms. The van der Waals surface area contributed by atoms with Gasteiger partial charge in [0.25, 0.3) is 0 Å². The van der Waals surface area contributed by atoms with Crippen LogP contribution < -0.4 is 0 Å². The highest BCUT2D eigenvalue weighted by Gasteiger charge is 2.25. The molecule has 0 bridgehead atoms. The minimum atomic E-state index is -0.252. The highest BCUT2D eigenvalue weighted by molar-refractivity contribution is 5.76. The fraction of sp³-hybridized carbons (Fsp3) is 0.474. The van der Waals surface area contributed by atoms with Crippen molar-refractivity contribution in [3.8, 4) is 0 Å². The van der Waals surface area contributed by atoms with Gasteiger partial charge in [0.2, 0.25) is 5.91 Å². The van der Waals surface area contributed by atoms with E-state index in [0.717, 1.165) is 37.2 Å². The Morgan fingerprint density at radius 1 is 1.20 bits per heavy atom. The molecule has 0 saturated carbocycles. The van der Waals surface area contributed by atoms with Gasteiger partial charge < -0.3 is 10.0 Å². The molecular weight excluding hydrogens is 321 g/mol. The van der Waals surface area contributed by atoms with Crippen molar-refractivity contribution < 1.29 is 14.3 Å². The Kier molecular flexibility index (Phi) is 5.81. The molecule has 1 aromatic carbocycles. The summed E-state index contributed by atoms with van der Waals surface area (Å²) >= 11 is 0. The molecule has 1 amide bonds. The van der Waals surface area contributed by atoms with Gasteiger partial charge in [0.1, 0.15) is 5.82 Å². The minimum absolute atomic E-state index is 0.0788. The Labute approximate surface area is 147 Å². The molecule has 0 spiro atoms. The van der Waals surface area contributed by atoms with Crippen molar-refractivity contribution in [2.24, 2.45) is 0 Å². The minimum Gasteiger partial charge on any atom is -0.394 e. The number of piperidine rings is 1. The van der Waals surface area contributed by atoms with Crippen LogP contribution in [0.25, 0.3) is 0 Å². The number of likely N-dealkylation sites (tertiary alicyclic amines) is 1. The van der Waals surface area contributed by atoms with Crippen LogP contribution in [0.4, 0.5) is 4.39 Å². The van der Waals surface area contributed by atoms with Crippen molar-refractivity contribution in [2.45, 2.75) is 38.1 Å². The molecule has 1 saturated heterocycles. The van der Waals surface area contributed by atoms with E-state index in [1.54, 1.807) is 18.3 Å². The number of benzene rings is 1. The summed E-state index contributed by atoms with van der Waals surface area (Å²) in [5, 5.41) is 13.4. The third-order valence-corrected chi connectivity index (χ3v) is 4.87. The van der Waals surface area contributed by atoms with Crippen LogP contribution in [0, 0.1) is 5.82 Å². The van der Waals surface area contributed by atoms with Gasteiger partial charge in [-0.05, 0) is 43.0 Å². The van der Waals surface area contributed by atoms with Crippen molar-refractivity contribution in [1.82, 2.24) is 14.7 Å². The third kappa shape index (κ3) is 4.45. The second-order valence-electron chi connectivity index (χ2n) is 6.48. The zero-order valence-electron chi connectivity index (χ0n) is 14.3. The van der Waals surface area contributed by atoms with E-state index in [4.69, 9.17) is 5.11 Å². The lowest BCUT2D eigenvalue weighted by Crippen LogP contribution is -2.38. The first-order valence-corrected chi connectivity index (χ1v) is 8.82. The van der Waals surface area contributed by atoms with Gasteiger partial charge in [0.15, 0.2) is 0 Å². The van der Waals surface area contributed by atoms with Crippen LogP contribution in [0.2, 0.25) is 0 Å². The van der Waals surface area contributed by atoms with Gasteiger partial charge in [0.05, 0.1) is 13.2 Å². The molecule has 3 rings (SSSR count). The summed E-state index contributed by atoms with van der Waals surface area (Å²) in [6.45, 7) is 2.09. The number of carbonyl (C=O) groups is 1. The van der Waals surface area contributed by atoms with Crippen LogP contribution in [0.15, 0.2) is 36.5 Å². The van der Waals surface area contributed by atoms with E-state index in [2.05, 4.69) is 5.10 Å². The smallest absolute Gasteiger partial charge is 0.222 e. The van der Waals surface area contributed by atoms with E-state index in [1.165, 1.54) is 12.1 Å². The Balaban J connectivity index is 1.49. The summed E-state index contributed by atoms with van der Waals surface area (Å²) in [5.74, 6) is 0.291. The molecule has 25 heavy (non-hydrogen) atoms. The first kappa shape index (κ1) is 17.6. The molecule has 0 unspecified atom stereocenters. The predicted octanol–water partition coefficient (Wildman–Crippen LogP) is 2.35. The van der Waals surface area contributed by atoms with Gasteiger partial charge in [-0.3, -0.25) is 9.48 Å². The fourth-order valence-electron chi connectivity index (χ4n) is 3.46. The van der Waals surface area contributed by atoms with E-state index in [0.29, 0.717) is 25.3 Å². The lowest BCUT2D eigenvalue weighted by Gasteiger charge is -2.32. The Bertz CT molecular complexity index is 691. The Hall–Kier alpha value is -2.21. The summed E-state index contributed by atoms with van der Waals surface area (Å²) in [6.07, 6.45) is 4.70. The van der Waals surface area contributed by atoms with Crippen molar-refractivity contribution in [3.05, 3.63) is 53.6 Å². The number of nitrogens with zero attached hydrogens (tertiary/aromatic N) is 3. The number of aliphatic hydroxyl groups excluding tert-OH is 1. The molecule has 1 aliphatic rings. The number of hydrogen-bond acceptors (Lipinski definition) is 3. The number of aliphatic hydroxyl groups is 1. The SMILES string of the molecule is O=C(CCc1ccc(F)cc1)N1CCC(c2ccnn2CCO)CC1. The lowest BCUT2D eigenvalue weighted by molar-refractivity contribution is -0.132. The van der Waals surface area contributed by atoms with Gasteiger partial charge in [-0.15, -0.1) is 0 Å². The molecular formula is C19H24FN3O2. The van der Waals surface area contributed by atoms with Crippen molar-refractivity contribution in [1.29, 1.82) is 0 Å². The van der Waals surface area contributed by atoms with Crippen LogP contribution in [0.5, 0.6) is 0 Å². The number of rotatable bonds is 6. The molecule has 1 N–H and O–H groups in total. The zero-order valence-corrected chi connectivity index (χ0v) is 14.3. The molecule has 2 aromatic rings. The number of aryl methyl sites for hydroxylation is 1. The maximum atomic E-state index is 12.9.